The van der Waals surface area contributed by atoms with Crippen molar-refractivity contribution in [2.24, 2.45) is 0 Å². The molecule has 1 N–H and O–H groups in total. The number of ether oxygens (including phenoxy) is 1. The van der Waals surface area contributed by atoms with Gasteiger partial charge < -0.3 is 29.7 Å². The third kappa shape index (κ3) is 6.36. The molecule has 2 aliphatic rings. The van der Waals surface area contributed by atoms with Crippen LogP contribution < -0.4 is 19.9 Å². The lowest BCUT2D eigenvalue weighted by molar-refractivity contribution is 0.312. The number of nitrogens with zero attached hydrogens (tertiary/aromatic N) is 7. The van der Waals surface area contributed by atoms with E-state index < -0.39 is 0 Å². The van der Waals surface area contributed by atoms with Crippen molar-refractivity contribution in [2.75, 3.05) is 88.7 Å². The van der Waals surface area contributed by atoms with Gasteiger partial charge in [0.25, 0.3) is 0 Å². The molecule has 7 rings (SSSR count). The quantitative estimate of drug-likeness (QED) is 0.243. The van der Waals surface area contributed by atoms with Crippen molar-refractivity contribution >= 4 is 33.9 Å². The fraction of sp³-hybridized carbons (Fsp3) is 0.333. The summed E-state index contributed by atoms with van der Waals surface area (Å²) in [6, 6.07) is 25.4. The summed E-state index contributed by atoms with van der Waals surface area (Å²) in [5, 5.41) is 9.64. The Morgan fingerprint density at radius 3 is 2.11 bits per heavy atom. The van der Waals surface area contributed by atoms with Crippen LogP contribution >= 0.6 is 0 Å². The highest BCUT2D eigenvalue weighted by Crippen LogP contribution is 2.37. The van der Waals surface area contributed by atoms with Gasteiger partial charge in [-0.25, -0.2) is 9.37 Å². The minimum atomic E-state index is -0.289. The molecule has 0 bridgehead atoms. The number of anilines is 4. The number of piperazine rings is 2. The first-order valence-corrected chi connectivity index (χ1v) is 16.0. The Morgan fingerprint density at radius 1 is 0.783 bits per heavy atom. The number of aromatic nitrogens is 3. The molecule has 9 nitrogen and oxygen atoms in total. The number of likely N-dealkylation sites (N-methyl/N-ethyl adjacent to an activating group) is 2. The molecule has 4 heterocycles. The average molecular weight is 621 g/mol. The number of nitrogens with one attached hydrogen (secondary N) is 1. The summed E-state index contributed by atoms with van der Waals surface area (Å²) in [4.78, 5) is 14.7. The van der Waals surface area contributed by atoms with Crippen LogP contribution in [-0.4, -0.2) is 98.1 Å². The van der Waals surface area contributed by atoms with E-state index in [-0.39, 0.29) is 5.82 Å². The normalized spacial score (nSPS) is 16.3. The highest BCUT2D eigenvalue weighted by Gasteiger charge is 2.25. The summed E-state index contributed by atoms with van der Waals surface area (Å²) in [5.74, 6) is 2.13. The molecule has 0 aliphatic carbocycles. The van der Waals surface area contributed by atoms with Gasteiger partial charge in [-0.2, -0.15) is 5.10 Å². The topological polar surface area (TPSA) is 64.9 Å². The van der Waals surface area contributed by atoms with Crippen LogP contribution in [0.1, 0.15) is 5.56 Å². The third-order valence-electron chi connectivity index (χ3n) is 9.11. The molecular formula is C36H41FN8O. The first-order valence-electron chi connectivity index (χ1n) is 16.0. The summed E-state index contributed by atoms with van der Waals surface area (Å²) in [5.41, 5.74) is 5.68. The number of rotatable bonds is 8. The molecule has 10 heteroatoms. The van der Waals surface area contributed by atoms with Crippen LogP contribution in [0, 0.1) is 5.82 Å². The van der Waals surface area contributed by atoms with Crippen molar-refractivity contribution < 1.29 is 9.13 Å². The largest absolute Gasteiger partial charge is 0.497 e. The van der Waals surface area contributed by atoms with Crippen LogP contribution in [0.15, 0.2) is 78.9 Å². The van der Waals surface area contributed by atoms with Crippen molar-refractivity contribution in [3.63, 3.8) is 0 Å². The van der Waals surface area contributed by atoms with E-state index in [0.29, 0.717) is 6.54 Å². The molecule has 0 saturated carbocycles. The number of hydrogen-bond donors (Lipinski definition) is 1. The van der Waals surface area contributed by atoms with Crippen molar-refractivity contribution in [2.45, 2.75) is 6.54 Å². The molecule has 0 unspecified atom stereocenters. The monoisotopic (exact) mass is 620 g/mol. The first kappa shape index (κ1) is 30.0. The van der Waals surface area contributed by atoms with Gasteiger partial charge in [-0.15, -0.1) is 0 Å². The standard InChI is InChI=1S/C36H41FN8O/c1-41-15-19-43(20-16-41)30-11-9-29(10-12-30)38-33-24-32-34(27-5-4-6-28(37)23-27)40-45(25-26-7-13-31(46-3)14-8-26)35(32)36(39-33)44-21-17-42(2)18-22-44/h4-14,23-24H,15-22,25H2,1-3H3,(H,38,39). The van der Waals surface area contributed by atoms with Gasteiger partial charge in [0.05, 0.1) is 13.7 Å². The van der Waals surface area contributed by atoms with Crippen molar-refractivity contribution in [3.8, 4) is 17.0 Å². The molecular weight excluding hydrogens is 579 g/mol. The van der Waals surface area contributed by atoms with Crippen LogP contribution in [0.4, 0.5) is 27.4 Å². The van der Waals surface area contributed by atoms with E-state index in [1.54, 1.807) is 19.2 Å². The van der Waals surface area contributed by atoms with E-state index >= 15 is 0 Å². The average Bonchev–Trinajstić information content (AvgIpc) is 3.44. The van der Waals surface area contributed by atoms with Gasteiger partial charge in [-0.3, -0.25) is 4.68 Å². The second-order valence-corrected chi connectivity index (χ2v) is 12.3. The SMILES string of the molecule is COc1ccc(Cn2nc(-c3cccc(F)c3)c3cc(Nc4ccc(N5CCN(C)CC5)cc4)nc(N4CCN(C)CC4)c32)cc1. The zero-order valence-electron chi connectivity index (χ0n) is 26.8. The Labute approximate surface area is 269 Å². The van der Waals surface area contributed by atoms with E-state index in [4.69, 9.17) is 14.8 Å². The van der Waals surface area contributed by atoms with Crippen molar-refractivity contribution in [1.82, 2.24) is 24.6 Å². The Balaban J connectivity index is 1.31. The summed E-state index contributed by atoms with van der Waals surface area (Å²) in [7, 11) is 6.00. The van der Waals surface area contributed by atoms with Crippen LogP contribution in [0.2, 0.25) is 0 Å². The van der Waals surface area contributed by atoms with E-state index in [0.717, 1.165) is 103 Å². The van der Waals surface area contributed by atoms with E-state index in [2.05, 4.69) is 81.5 Å². The molecule has 46 heavy (non-hydrogen) atoms. The second-order valence-electron chi connectivity index (χ2n) is 12.3. The maximum absolute atomic E-state index is 14.5. The van der Waals surface area contributed by atoms with Crippen LogP contribution in [-0.2, 0) is 6.54 Å². The van der Waals surface area contributed by atoms with Gasteiger partial charge in [0.15, 0.2) is 5.82 Å². The number of hydrogen-bond acceptors (Lipinski definition) is 8. The number of benzene rings is 3. The van der Waals surface area contributed by atoms with Gasteiger partial charge in [0, 0.05) is 74.7 Å². The van der Waals surface area contributed by atoms with E-state index in [1.165, 1.54) is 11.8 Å². The second kappa shape index (κ2) is 13.0. The first-order chi connectivity index (χ1) is 22.4. The maximum Gasteiger partial charge on any atom is 0.157 e. The van der Waals surface area contributed by atoms with Crippen LogP contribution in [0.3, 0.4) is 0 Å². The van der Waals surface area contributed by atoms with Gasteiger partial charge in [0.1, 0.15) is 28.6 Å². The Morgan fingerprint density at radius 2 is 1.46 bits per heavy atom. The molecule has 2 saturated heterocycles. The lowest BCUT2D eigenvalue weighted by atomic mass is 10.1. The lowest BCUT2D eigenvalue weighted by Crippen LogP contribution is -2.45. The molecule has 2 aliphatic heterocycles. The number of halogens is 1. The highest BCUT2D eigenvalue weighted by molar-refractivity contribution is 6.01. The van der Waals surface area contributed by atoms with Gasteiger partial charge in [-0.05, 0) is 74.3 Å². The van der Waals surface area contributed by atoms with Gasteiger partial charge >= 0.3 is 0 Å². The number of pyridine rings is 1. The zero-order valence-corrected chi connectivity index (χ0v) is 26.8. The van der Waals surface area contributed by atoms with Crippen LogP contribution in [0.5, 0.6) is 5.75 Å². The number of methoxy groups -OCH3 is 1. The molecule has 0 atom stereocenters. The predicted molar refractivity (Wildman–Crippen MR) is 184 cm³/mol. The summed E-state index contributed by atoms with van der Waals surface area (Å²) < 4.78 is 22.0. The molecule has 0 spiro atoms. The molecule has 0 radical (unpaired) electrons. The molecule has 238 valence electrons. The fourth-order valence-electron chi connectivity index (χ4n) is 6.32. The minimum absolute atomic E-state index is 0.289. The van der Waals surface area contributed by atoms with E-state index in [1.807, 2.05) is 22.9 Å². The summed E-state index contributed by atoms with van der Waals surface area (Å²) in [6.07, 6.45) is 0. The lowest BCUT2D eigenvalue weighted by Gasteiger charge is -2.34. The van der Waals surface area contributed by atoms with Crippen LogP contribution in [0.25, 0.3) is 22.2 Å². The van der Waals surface area contributed by atoms with Crippen molar-refractivity contribution in [3.05, 3.63) is 90.2 Å². The molecule has 0 amide bonds. The number of fused-ring (bicyclic) bond motifs is 1. The van der Waals surface area contributed by atoms with Crippen molar-refractivity contribution in [1.29, 1.82) is 0 Å². The predicted octanol–water partition coefficient (Wildman–Crippen LogP) is 5.54. The Hall–Kier alpha value is -4.67. The van der Waals surface area contributed by atoms with E-state index in [9.17, 15) is 4.39 Å². The minimum Gasteiger partial charge on any atom is -0.497 e. The fourth-order valence-corrected chi connectivity index (χ4v) is 6.32. The summed E-state index contributed by atoms with van der Waals surface area (Å²) in [6.45, 7) is 8.32. The van der Waals surface area contributed by atoms with Gasteiger partial charge in [-0.1, -0.05) is 24.3 Å². The highest BCUT2D eigenvalue weighted by atomic mass is 19.1. The molecule has 2 fully saturated rings. The maximum atomic E-state index is 14.5. The Kier molecular flexibility index (Phi) is 8.47. The third-order valence-corrected chi connectivity index (χ3v) is 9.11. The Bertz CT molecular complexity index is 1790. The smallest absolute Gasteiger partial charge is 0.157 e. The van der Waals surface area contributed by atoms with Gasteiger partial charge in [0.2, 0.25) is 0 Å². The molecule has 2 aromatic heterocycles. The zero-order chi connectivity index (χ0) is 31.6. The molecule has 5 aromatic rings. The summed E-state index contributed by atoms with van der Waals surface area (Å²) >= 11 is 0. The molecule has 3 aromatic carbocycles.